The molecule has 0 bridgehead atoms. The second-order valence-electron chi connectivity index (χ2n) is 6.46. The quantitative estimate of drug-likeness (QED) is 0.846. The molecule has 1 aromatic rings. The number of rotatable bonds is 5. The number of anilines is 1. The van der Waals surface area contributed by atoms with Crippen molar-refractivity contribution in [3.63, 3.8) is 0 Å². The monoisotopic (exact) mass is 289 g/mol. The van der Waals surface area contributed by atoms with Gasteiger partial charge in [0.25, 0.3) is 0 Å². The number of pyridine rings is 1. The number of aromatic nitrogens is 1. The van der Waals surface area contributed by atoms with Crippen LogP contribution in [0.2, 0.25) is 0 Å². The largest absolute Gasteiger partial charge is 0.389 e. The van der Waals surface area contributed by atoms with E-state index in [0.29, 0.717) is 16.9 Å². The molecule has 1 heterocycles. The summed E-state index contributed by atoms with van der Waals surface area (Å²) >= 11 is 5.27. The van der Waals surface area contributed by atoms with Crippen LogP contribution in [0, 0.1) is 5.92 Å². The molecule has 2 N–H and O–H groups in total. The van der Waals surface area contributed by atoms with Crippen molar-refractivity contribution < 1.29 is 0 Å². The number of thiocarbonyl (C=S) groups is 1. The van der Waals surface area contributed by atoms with Crippen LogP contribution in [0.1, 0.15) is 49.9 Å². The van der Waals surface area contributed by atoms with Gasteiger partial charge in [0.05, 0.1) is 5.56 Å². The molecule has 3 nitrogen and oxygen atoms in total. The first-order valence-electron chi connectivity index (χ1n) is 7.65. The molecule has 0 unspecified atom stereocenters. The van der Waals surface area contributed by atoms with Crippen LogP contribution in [-0.2, 0) is 12.8 Å². The Kier molecular flexibility index (Phi) is 3.67. The number of hydrogen-bond acceptors (Lipinski definition) is 3. The molecule has 2 aliphatic rings. The smallest absolute Gasteiger partial charge is 0.139 e. The van der Waals surface area contributed by atoms with Crippen LogP contribution >= 0.6 is 12.2 Å². The van der Waals surface area contributed by atoms with Gasteiger partial charge >= 0.3 is 0 Å². The van der Waals surface area contributed by atoms with Gasteiger partial charge in [0.1, 0.15) is 10.8 Å². The third-order valence-corrected chi connectivity index (χ3v) is 4.34. The van der Waals surface area contributed by atoms with Crippen molar-refractivity contribution in [1.29, 1.82) is 0 Å². The van der Waals surface area contributed by atoms with Crippen molar-refractivity contribution in [2.75, 3.05) is 11.4 Å². The van der Waals surface area contributed by atoms with Crippen LogP contribution in [0.3, 0.4) is 0 Å². The summed E-state index contributed by atoms with van der Waals surface area (Å²) in [5, 5.41) is 0. The third-order valence-electron chi connectivity index (χ3n) is 4.12. The first-order valence-corrected chi connectivity index (χ1v) is 8.06. The average molecular weight is 289 g/mol. The molecule has 3 rings (SSSR count). The Morgan fingerprint density at radius 2 is 2.20 bits per heavy atom. The maximum atomic E-state index is 5.96. The van der Waals surface area contributed by atoms with E-state index in [1.165, 1.54) is 30.5 Å². The predicted octanol–water partition coefficient (Wildman–Crippen LogP) is 2.83. The molecule has 1 aromatic heterocycles. The lowest BCUT2D eigenvalue weighted by atomic mass is 10.1. The van der Waals surface area contributed by atoms with E-state index >= 15 is 0 Å². The van der Waals surface area contributed by atoms with Crippen LogP contribution in [0.5, 0.6) is 0 Å². The van der Waals surface area contributed by atoms with Crippen LogP contribution in [-0.4, -0.2) is 22.6 Å². The Labute approximate surface area is 126 Å². The molecule has 0 spiro atoms. The van der Waals surface area contributed by atoms with Gasteiger partial charge in [0, 0.05) is 18.3 Å². The molecule has 1 saturated carbocycles. The fourth-order valence-electron chi connectivity index (χ4n) is 3.05. The third kappa shape index (κ3) is 2.66. The number of nitrogens with two attached hydrogens (primary N) is 1. The minimum atomic E-state index is 0.483. The summed E-state index contributed by atoms with van der Waals surface area (Å²) in [6.45, 7) is 5.54. The van der Waals surface area contributed by atoms with Gasteiger partial charge < -0.3 is 10.6 Å². The Morgan fingerprint density at radius 3 is 2.80 bits per heavy atom. The van der Waals surface area contributed by atoms with Crippen molar-refractivity contribution in [2.24, 2.45) is 11.7 Å². The normalized spacial score (nSPS) is 17.4. The minimum Gasteiger partial charge on any atom is -0.389 e. The fourth-order valence-corrected chi connectivity index (χ4v) is 3.20. The van der Waals surface area contributed by atoms with E-state index < -0.39 is 0 Å². The summed E-state index contributed by atoms with van der Waals surface area (Å²) in [5.41, 5.74) is 9.55. The molecule has 2 aliphatic carbocycles. The minimum absolute atomic E-state index is 0.483. The van der Waals surface area contributed by atoms with Crippen LogP contribution in [0.15, 0.2) is 6.07 Å². The SMILES string of the molecule is CC(C)CN(c1nc2c(cc1C(N)=S)CCC2)C1CC1. The maximum Gasteiger partial charge on any atom is 0.139 e. The van der Waals surface area contributed by atoms with Gasteiger partial charge in [0.2, 0.25) is 0 Å². The highest BCUT2D eigenvalue weighted by atomic mass is 32.1. The number of aryl methyl sites for hydroxylation is 2. The Bertz CT molecular complexity index is 535. The van der Waals surface area contributed by atoms with E-state index in [2.05, 4.69) is 24.8 Å². The standard InChI is InChI=1S/C16H23N3S/c1-10(2)9-19(12-6-7-12)16-13(15(17)20)8-11-4-3-5-14(11)18-16/h8,10,12H,3-7,9H2,1-2H3,(H2,17,20). The fraction of sp³-hybridized carbons (Fsp3) is 0.625. The Hall–Kier alpha value is -1.16. The van der Waals surface area contributed by atoms with Gasteiger partial charge in [-0.3, -0.25) is 0 Å². The summed E-state index contributed by atoms with van der Waals surface area (Å²) in [6, 6.07) is 2.83. The summed E-state index contributed by atoms with van der Waals surface area (Å²) in [5.74, 6) is 1.65. The molecule has 1 fully saturated rings. The van der Waals surface area contributed by atoms with Gasteiger partial charge in [-0.2, -0.15) is 0 Å². The summed E-state index contributed by atoms with van der Waals surface area (Å²) in [4.78, 5) is 7.87. The lowest BCUT2D eigenvalue weighted by Crippen LogP contribution is -2.33. The molecule has 0 aliphatic heterocycles. The molecule has 0 aromatic carbocycles. The lowest BCUT2D eigenvalue weighted by molar-refractivity contribution is 0.602. The summed E-state index contributed by atoms with van der Waals surface area (Å²) in [7, 11) is 0. The maximum absolute atomic E-state index is 5.96. The number of nitrogens with zero attached hydrogens (tertiary/aromatic N) is 2. The number of hydrogen-bond donors (Lipinski definition) is 1. The Balaban J connectivity index is 2.03. The van der Waals surface area contributed by atoms with Crippen LogP contribution in [0.4, 0.5) is 5.82 Å². The molecule has 0 radical (unpaired) electrons. The van der Waals surface area contributed by atoms with E-state index in [0.717, 1.165) is 30.8 Å². The average Bonchev–Trinajstić information content (AvgIpc) is 3.12. The van der Waals surface area contributed by atoms with E-state index in [-0.39, 0.29) is 0 Å². The van der Waals surface area contributed by atoms with Crippen LogP contribution < -0.4 is 10.6 Å². The highest BCUT2D eigenvalue weighted by Crippen LogP contribution is 2.35. The van der Waals surface area contributed by atoms with Crippen molar-refractivity contribution in [1.82, 2.24) is 4.98 Å². The predicted molar refractivity (Wildman–Crippen MR) is 87.4 cm³/mol. The first-order chi connectivity index (χ1) is 9.56. The van der Waals surface area contributed by atoms with Crippen molar-refractivity contribution in [2.45, 2.75) is 52.0 Å². The zero-order chi connectivity index (χ0) is 14.3. The molecule has 0 saturated heterocycles. The number of fused-ring (bicyclic) bond motifs is 1. The van der Waals surface area contributed by atoms with Gasteiger partial charge in [0.15, 0.2) is 0 Å². The zero-order valence-corrected chi connectivity index (χ0v) is 13.2. The zero-order valence-electron chi connectivity index (χ0n) is 12.4. The van der Waals surface area contributed by atoms with E-state index in [1.807, 2.05) is 0 Å². The van der Waals surface area contributed by atoms with E-state index in [1.54, 1.807) is 0 Å². The molecule has 0 atom stereocenters. The van der Waals surface area contributed by atoms with Gasteiger partial charge in [-0.25, -0.2) is 4.98 Å². The summed E-state index contributed by atoms with van der Waals surface area (Å²) < 4.78 is 0. The Morgan fingerprint density at radius 1 is 1.45 bits per heavy atom. The van der Waals surface area contributed by atoms with Gasteiger partial charge in [-0.1, -0.05) is 26.1 Å². The molecule has 0 amide bonds. The van der Waals surface area contributed by atoms with Crippen LogP contribution in [0.25, 0.3) is 0 Å². The van der Waals surface area contributed by atoms with Crippen molar-refractivity contribution in [3.05, 3.63) is 22.9 Å². The highest BCUT2D eigenvalue weighted by molar-refractivity contribution is 7.80. The van der Waals surface area contributed by atoms with Gasteiger partial charge in [-0.15, -0.1) is 0 Å². The lowest BCUT2D eigenvalue weighted by Gasteiger charge is -2.28. The van der Waals surface area contributed by atoms with Gasteiger partial charge in [-0.05, 0) is 49.7 Å². The second-order valence-corrected chi connectivity index (χ2v) is 6.90. The molecular formula is C16H23N3S. The summed E-state index contributed by atoms with van der Waals surface area (Å²) in [6.07, 6.45) is 5.95. The van der Waals surface area contributed by atoms with Crippen molar-refractivity contribution in [3.8, 4) is 0 Å². The molecule has 4 heteroatoms. The topological polar surface area (TPSA) is 42.2 Å². The molecule has 108 valence electrons. The first kappa shape index (κ1) is 13.8. The second kappa shape index (κ2) is 5.32. The van der Waals surface area contributed by atoms with E-state index in [4.69, 9.17) is 22.9 Å². The highest BCUT2D eigenvalue weighted by Gasteiger charge is 2.33. The molecule has 20 heavy (non-hydrogen) atoms. The molecular weight excluding hydrogens is 266 g/mol. The van der Waals surface area contributed by atoms with E-state index in [9.17, 15) is 0 Å². The van der Waals surface area contributed by atoms with Crippen molar-refractivity contribution >= 4 is 23.0 Å².